The van der Waals surface area contributed by atoms with Gasteiger partial charge in [-0.15, -0.1) is 0 Å². The van der Waals surface area contributed by atoms with Crippen molar-refractivity contribution < 1.29 is 0 Å². The summed E-state index contributed by atoms with van der Waals surface area (Å²) in [5.74, 6) is 0. The zero-order valence-electron chi connectivity index (χ0n) is 8.74. The van der Waals surface area contributed by atoms with E-state index < -0.39 is 0 Å². The average molecular weight is 294 g/mol. The maximum Gasteiger partial charge on any atom is 0.0520 e. The first-order valence-corrected chi connectivity index (χ1v) is 7.13. The van der Waals surface area contributed by atoms with Gasteiger partial charge in [-0.3, -0.25) is 0 Å². The van der Waals surface area contributed by atoms with Crippen molar-refractivity contribution in [2.24, 2.45) is 0 Å². The molecule has 0 bridgehead atoms. The molecule has 1 aliphatic rings. The fourth-order valence-corrected chi connectivity index (χ4v) is 3.29. The summed E-state index contributed by atoms with van der Waals surface area (Å²) < 4.78 is 1.18. The lowest BCUT2D eigenvalue weighted by molar-refractivity contribution is 0.762. The molecule has 1 atom stereocenters. The van der Waals surface area contributed by atoms with Crippen molar-refractivity contribution >= 4 is 33.0 Å². The van der Waals surface area contributed by atoms with E-state index in [1.807, 2.05) is 0 Å². The third-order valence-corrected chi connectivity index (χ3v) is 4.22. The smallest absolute Gasteiger partial charge is 0.0520 e. The number of benzene rings is 1. The molecule has 1 aromatic carbocycles. The lowest BCUT2D eigenvalue weighted by atomic mass is 10.1. The van der Waals surface area contributed by atoms with E-state index in [1.165, 1.54) is 34.1 Å². The number of nitrogens with one attached hydrogen (secondary N) is 1. The Hall–Kier alpha value is -0.800. The van der Waals surface area contributed by atoms with Gasteiger partial charge < -0.3 is 5.32 Å². The van der Waals surface area contributed by atoms with E-state index in [0.29, 0.717) is 6.04 Å². The van der Waals surface area contributed by atoms with E-state index in [1.54, 1.807) is 11.3 Å². The van der Waals surface area contributed by atoms with Crippen LogP contribution < -0.4 is 5.32 Å². The minimum Gasteiger partial charge on any atom is -0.378 e. The van der Waals surface area contributed by atoms with E-state index in [9.17, 15) is 0 Å². The first kappa shape index (κ1) is 10.4. The molecular weight excluding hydrogens is 282 g/mol. The summed E-state index contributed by atoms with van der Waals surface area (Å²) in [6.45, 7) is 0. The molecular formula is C13H12BrNS. The molecule has 0 fully saturated rings. The Labute approximate surface area is 108 Å². The van der Waals surface area contributed by atoms with Crippen molar-refractivity contribution in [3.8, 4) is 0 Å². The number of halogens is 1. The van der Waals surface area contributed by atoms with Crippen LogP contribution in [0.5, 0.6) is 0 Å². The Morgan fingerprint density at radius 3 is 3.06 bits per heavy atom. The van der Waals surface area contributed by atoms with Crippen LogP contribution in [0, 0.1) is 0 Å². The molecule has 1 heterocycles. The Morgan fingerprint density at radius 2 is 2.25 bits per heavy atom. The normalized spacial score (nSPS) is 18.4. The third-order valence-electron chi connectivity index (χ3n) is 3.04. The van der Waals surface area contributed by atoms with Crippen LogP contribution in [0.3, 0.4) is 0 Å². The second-order valence-corrected chi connectivity index (χ2v) is 5.79. The predicted octanol–water partition coefficient (Wildman–Crippen LogP) is 4.61. The molecule has 0 saturated carbocycles. The van der Waals surface area contributed by atoms with Gasteiger partial charge in [0.15, 0.2) is 0 Å². The Balaban J connectivity index is 1.86. The Morgan fingerprint density at radius 1 is 1.31 bits per heavy atom. The van der Waals surface area contributed by atoms with Gasteiger partial charge in [-0.25, -0.2) is 0 Å². The molecule has 0 radical (unpaired) electrons. The van der Waals surface area contributed by atoms with Crippen LogP contribution in [-0.2, 0) is 6.42 Å². The third kappa shape index (κ3) is 1.89. The monoisotopic (exact) mass is 293 g/mol. The van der Waals surface area contributed by atoms with E-state index in [0.717, 1.165) is 0 Å². The highest BCUT2D eigenvalue weighted by Gasteiger charge is 2.22. The summed E-state index contributed by atoms with van der Waals surface area (Å²) in [4.78, 5) is 0. The summed E-state index contributed by atoms with van der Waals surface area (Å²) in [6.07, 6.45) is 2.37. The summed E-state index contributed by atoms with van der Waals surface area (Å²) >= 11 is 5.26. The van der Waals surface area contributed by atoms with E-state index in [-0.39, 0.29) is 0 Å². The minimum absolute atomic E-state index is 0.484. The fourth-order valence-electron chi connectivity index (χ4n) is 2.28. The first-order valence-electron chi connectivity index (χ1n) is 5.40. The van der Waals surface area contributed by atoms with Crippen molar-refractivity contribution in [1.29, 1.82) is 0 Å². The Bertz CT molecular complexity index is 493. The first-order chi connectivity index (χ1) is 7.83. The average Bonchev–Trinajstić information content (AvgIpc) is 2.89. The summed E-state index contributed by atoms with van der Waals surface area (Å²) in [5, 5.41) is 7.87. The van der Waals surface area contributed by atoms with Crippen LogP contribution in [0.2, 0.25) is 0 Å². The zero-order valence-corrected chi connectivity index (χ0v) is 11.1. The van der Waals surface area contributed by atoms with Crippen LogP contribution in [0.1, 0.15) is 23.6 Å². The summed E-state index contributed by atoms with van der Waals surface area (Å²) in [6, 6.07) is 9.23. The predicted molar refractivity (Wildman–Crippen MR) is 73.1 cm³/mol. The topological polar surface area (TPSA) is 12.0 Å². The number of hydrogen-bond acceptors (Lipinski definition) is 2. The van der Waals surface area contributed by atoms with Crippen LogP contribution in [-0.4, -0.2) is 0 Å². The van der Waals surface area contributed by atoms with Crippen molar-refractivity contribution in [2.75, 3.05) is 5.32 Å². The van der Waals surface area contributed by atoms with Crippen molar-refractivity contribution in [1.82, 2.24) is 0 Å². The van der Waals surface area contributed by atoms with Gasteiger partial charge in [0.2, 0.25) is 0 Å². The van der Waals surface area contributed by atoms with Gasteiger partial charge in [0.05, 0.1) is 6.04 Å². The standard InChI is InChI=1S/C13H12BrNS/c14-10-2-3-12-9(7-10)1-4-13(12)15-11-5-6-16-8-11/h2-3,5-8,13,15H,1,4H2. The van der Waals surface area contributed by atoms with Crippen LogP contribution >= 0.6 is 27.3 Å². The molecule has 0 saturated heterocycles. The van der Waals surface area contributed by atoms with Crippen LogP contribution in [0.25, 0.3) is 0 Å². The number of rotatable bonds is 2. The lowest BCUT2D eigenvalue weighted by Gasteiger charge is -2.14. The van der Waals surface area contributed by atoms with Gasteiger partial charge >= 0.3 is 0 Å². The van der Waals surface area contributed by atoms with E-state index >= 15 is 0 Å². The minimum atomic E-state index is 0.484. The van der Waals surface area contributed by atoms with Crippen molar-refractivity contribution in [3.63, 3.8) is 0 Å². The number of aryl methyl sites for hydroxylation is 1. The molecule has 1 unspecified atom stereocenters. The number of anilines is 1. The molecule has 0 spiro atoms. The van der Waals surface area contributed by atoms with Gasteiger partial charge in [0, 0.05) is 15.5 Å². The lowest BCUT2D eigenvalue weighted by Crippen LogP contribution is -2.05. The summed E-state index contributed by atoms with van der Waals surface area (Å²) in [5.41, 5.74) is 4.17. The molecule has 1 aromatic heterocycles. The van der Waals surface area contributed by atoms with Gasteiger partial charge in [-0.2, -0.15) is 11.3 Å². The number of hydrogen-bond donors (Lipinski definition) is 1. The number of thiophene rings is 1. The SMILES string of the molecule is Brc1ccc2c(c1)CCC2Nc1ccsc1. The molecule has 0 aliphatic heterocycles. The molecule has 1 aliphatic carbocycles. The van der Waals surface area contributed by atoms with Crippen LogP contribution in [0.4, 0.5) is 5.69 Å². The van der Waals surface area contributed by atoms with E-state index in [2.05, 4.69) is 56.3 Å². The second kappa shape index (κ2) is 4.22. The molecule has 2 aromatic rings. The van der Waals surface area contributed by atoms with Crippen LogP contribution in [0.15, 0.2) is 39.5 Å². The summed E-state index contributed by atoms with van der Waals surface area (Å²) in [7, 11) is 0. The van der Waals surface area contributed by atoms with Crippen molar-refractivity contribution in [3.05, 3.63) is 50.6 Å². The number of fused-ring (bicyclic) bond motifs is 1. The molecule has 0 amide bonds. The highest BCUT2D eigenvalue weighted by molar-refractivity contribution is 9.10. The quantitative estimate of drug-likeness (QED) is 0.853. The van der Waals surface area contributed by atoms with Gasteiger partial charge in [-0.05, 0) is 47.5 Å². The highest BCUT2D eigenvalue weighted by Crippen LogP contribution is 2.35. The maximum atomic E-state index is 3.59. The molecule has 82 valence electrons. The molecule has 16 heavy (non-hydrogen) atoms. The van der Waals surface area contributed by atoms with Crippen molar-refractivity contribution in [2.45, 2.75) is 18.9 Å². The molecule has 1 N–H and O–H groups in total. The largest absolute Gasteiger partial charge is 0.378 e. The maximum absolute atomic E-state index is 3.59. The molecule has 3 heteroatoms. The molecule has 1 nitrogen and oxygen atoms in total. The molecule has 3 rings (SSSR count). The van der Waals surface area contributed by atoms with Gasteiger partial charge in [-0.1, -0.05) is 22.0 Å². The van der Waals surface area contributed by atoms with Gasteiger partial charge in [0.1, 0.15) is 0 Å². The highest BCUT2D eigenvalue weighted by atomic mass is 79.9. The fraction of sp³-hybridized carbons (Fsp3) is 0.231. The van der Waals surface area contributed by atoms with E-state index in [4.69, 9.17) is 0 Å². The second-order valence-electron chi connectivity index (χ2n) is 4.09. The van der Waals surface area contributed by atoms with Gasteiger partial charge in [0.25, 0.3) is 0 Å². The zero-order chi connectivity index (χ0) is 11.0. The Kier molecular flexibility index (Phi) is 2.74.